The highest BCUT2D eigenvalue weighted by Crippen LogP contribution is 2.40. The smallest absolute Gasteiger partial charge is 0.339 e. The van der Waals surface area contributed by atoms with E-state index in [1.54, 1.807) is 6.92 Å². The number of carbonyl (C=O) groups excluding carboxylic acids is 2. The lowest BCUT2D eigenvalue weighted by Gasteiger charge is -2.36. The Morgan fingerprint density at radius 2 is 1.86 bits per heavy atom. The number of hydrogen-bond donors (Lipinski definition) is 3. The first-order valence-electron chi connectivity index (χ1n) is 8.95. The first kappa shape index (κ1) is 23.5. The Labute approximate surface area is 164 Å². The summed E-state index contributed by atoms with van der Waals surface area (Å²) >= 11 is 0. The van der Waals surface area contributed by atoms with Crippen LogP contribution in [0, 0.1) is 5.41 Å². The largest absolute Gasteiger partial charge is 0.479 e. The van der Waals surface area contributed by atoms with E-state index in [4.69, 9.17) is 9.84 Å². The van der Waals surface area contributed by atoms with E-state index in [2.05, 4.69) is 0 Å². The quantitative estimate of drug-likeness (QED) is 0.448. The summed E-state index contributed by atoms with van der Waals surface area (Å²) in [6.07, 6.45) is 3.94. The molecule has 3 unspecified atom stereocenters. The number of ether oxygens (including phenoxy) is 1. The molecule has 0 saturated carbocycles. The van der Waals surface area contributed by atoms with Crippen LogP contribution in [0.1, 0.15) is 41.0 Å². The van der Waals surface area contributed by atoms with Crippen molar-refractivity contribution in [1.82, 2.24) is 0 Å². The van der Waals surface area contributed by atoms with E-state index in [-0.39, 0.29) is 6.42 Å². The molecule has 1 aliphatic carbocycles. The molecule has 0 bridgehead atoms. The van der Waals surface area contributed by atoms with Gasteiger partial charge < -0.3 is 20.1 Å². The van der Waals surface area contributed by atoms with Gasteiger partial charge in [0.15, 0.2) is 24.1 Å². The van der Waals surface area contributed by atoms with Gasteiger partial charge >= 0.3 is 11.9 Å². The first-order chi connectivity index (χ1) is 12.9. The van der Waals surface area contributed by atoms with Gasteiger partial charge in [0.25, 0.3) is 0 Å². The van der Waals surface area contributed by atoms with Crippen molar-refractivity contribution in [2.45, 2.75) is 59.4 Å². The van der Waals surface area contributed by atoms with E-state index in [9.17, 15) is 24.6 Å². The Hall–Kier alpha value is -2.51. The molecule has 7 heteroatoms. The highest BCUT2D eigenvalue weighted by molar-refractivity contribution is 6.02. The lowest BCUT2D eigenvalue weighted by molar-refractivity contribution is -0.175. The maximum absolute atomic E-state index is 12.6. The molecule has 0 aromatic carbocycles. The Morgan fingerprint density at radius 1 is 1.25 bits per heavy atom. The molecule has 3 atom stereocenters. The van der Waals surface area contributed by atoms with Crippen LogP contribution in [-0.4, -0.2) is 51.4 Å². The van der Waals surface area contributed by atoms with Crippen LogP contribution in [0.15, 0.2) is 47.1 Å². The van der Waals surface area contributed by atoms with Gasteiger partial charge in [-0.3, -0.25) is 4.79 Å². The molecule has 0 aromatic rings. The van der Waals surface area contributed by atoms with Crippen LogP contribution in [0.4, 0.5) is 0 Å². The minimum absolute atomic E-state index is 0.169. The normalized spacial score (nSPS) is 22.6. The van der Waals surface area contributed by atoms with Crippen LogP contribution in [0.2, 0.25) is 0 Å². The van der Waals surface area contributed by atoms with Gasteiger partial charge in [-0.15, -0.1) is 0 Å². The van der Waals surface area contributed by atoms with Crippen molar-refractivity contribution in [3.63, 3.8) is 0 Å². The second kappa shape index (κ2) is 9.61. The number of Topliss-reactive ketones (excluding diaryl/α,β-unsaturated/α-hetero) is 1. The van der Waals surface area contributed by atoms with E-state index in [1.165, 1.54) is 0 Å². The number of carbonyl (C=O) groups is 3. The number of carboxylic acid groups (broad SMARTS) is 1. The minimum atomic E-state index is -2.32. The second-order valence-electron chi connectivity index (χ2n) is 7.41. The summed E-state index contributed by atoms with van der Waals surface area (Å²) in [6.45, 7) is 9.28. The molecule has 0 saturated heterocycles. The third-order valence-electron chi connectivity index (χ3n) is 4.61. The highest BCUT2D eigenvalue weighted by Gasteiger charge is 2.41. The number of hydrogen-bond acceptors (Lipinski definition) is 6. The van der Waals surface area contributed by atoms with Crippen molar-refractivity contribution in [3.05, 3.63) is 47.1 Å². The van der Waals surface area contributed by atoms with E-state index in [0.717, 1.165) is 11.1 Å². The van der Waals surface area contributed by atoms with Crippen molar-refractivity contribution in [1.29, 1.82) is 0 Å². The van der Waals surface area contributed by atoms with Crippen LogP contribution in [0.25, 0.3) is 0 Å². The Bertz CT molecular complexity index is 753. The number of carboxylic acids is 1. The molecule has 0 aromatic heterocycles. The van der Waals surface area contributed by atoms with Gasteiger partial charge in [0, 0.05) is 6.42 Å². The summed E-state index contributed by atoms with van der Waals surface area (Å²) in [7, 11) is 0. The molecule has 0 aliphatic heterocycles. The fourth-order valence-corrected chi connectivity index (χ4v) is 2.99. The summed E-state index contributed by atoms with van der Waals surface area (Å²) in [6, 6.07) is 0. The monoisotopic (exact) mass is 392 g/mol. The van der Waals surface area contributed by atoms with Crippen molar-refractivity contribution < 1.29 is 34.4 Å². The Kier molecular flexibility index (Phi) is 8.08. The molecule has 0 fully saturated rings. The molecule has 154 valence electrons. The standard InChI is InChI=1S/C21H28O7/c1-6-7-8-12(2)9-10-14-13(3)16(22)15(11-21(14,4)5)28-20(27)18(24)17(23)19(25)26/h6-10,15,17-18,23-24H,11H2,1-5H3,(H,25,26)/b7-6+,10-9+,12-8+. The van der Waals surface area contributed by atoms with E-state index >= 15 is 0 Å². The number of aliphatic carboxylic acids is 1. The van der Waals surface area contributed by atoms with E-state index < -0.39 is 41.4 Å². The lowest BCUT2D eigenvalue weighted by Crippen LogP contribution is -2.45. The van der Waals surface area contributed by atoms with Crippen LogP contribution in [-0.2, 0) is 19.1 Å². The molecule has 0 heterocycles. The fraction of sp³-hybridized carbons (Fsp3) is 0.476. The maximum Gasteiger partial charge on any atom is 0.339 e. The Balaban J connectivity index is 3.06. The molecule has 0 spiro atoms. The van der Waals surface area contributed by atoms with Crippen molar-refractivity contribution >= 4 is 17.7 Å². The minimum Gasteiger partial charge on any atom is -0.479 e. The number of allylic oxidation sites excluding steroid dienone is 7. The maximum atomic E-state index is 12.6. The second-order valence-corrected chi connectivity index (χ2v) is 7.41. The molecule has 7 nitrogen and oxygen atoms in total. The Morgan fingerprint density at radius 3 is 2.39 bits per heavy atom. The van der Waals surface area contributed by atoms with Crippen molar-refractivity contribution in [2.24, 2.45) is 5.41 Å². The summed E-state index contributed by atoms with van der Waals surface area (Å²) in [5, 5.41) is 27.5. The van der Waals surface area contributed by atoms with Gasteiger partial charge in [-0.05, 0) is 37.3 Å². The van der Waals surface area contributed by atoms with Crippen LogP contribution in [0.3, 0.4) is 0 Å². The van der Waals surface area contributed by atoms with Gasteiger partial charge in [0.05, 0.1) is 0 Å². The van der Waals surface area contributed by atoms with Gasteiger partial charge in [0.1, 0.15) is 0 Å². The fourth-order valence-electron chi connectivity index (χ4n) is 2.99. The molecule has 0 radical (unpaired) electrons. The van der Waals surface area contributed by atoms with Crippen LogP contribution >= 0.6 is 0 Å². The predicted octanol–water partition coefficient (Wildman–Crippen LogP) is 2.10. The molecule has 1 aliphatic rings. The number of aliphatic hydroxyl groups excluding tert-OH is 2. The average Bonchev–Trinajstić information content (AvgIpc) is 2.62. The summed E-state index contributed by atoms with van der Waals surface area (Å²) in [4.78, 5) is 35.3. The first-order valence-corrected chi connectivity index (χ1v) is 8.95. The number of esters is 1. The zero-order valence-electron chi connectivity index (χ0n) is 16.8. The summed E-state index contributed by atoms with van der Waals surface area (Å²) in [5.41, 5.74) is 1.74. The van der Waals surface area contributed by atoms with E-state index in [0.29, 0.717) is 5.57 Å². The molecule has 3 N–H and O–H groups in total. The molecule has 0 amide bonds. The predicted molar refractivity (Wildman–Crippen MR) is 103 cm³/mol. The van der Waals surface area contributed by atoms with Gasteiger partial charge in [0.2, 0.25) is 0 Å². The number of aliphatic hydroxyl groups is 2. The van der Waals surface area contributed by atoms with Crippen molar-refractivity contribution in [2.75, 3.05) is 0 Å². The molecular formula is C21H28O7. The summed E-state index contributed by atoms with van der Waals surface area (Å²) < 4.78 is 5.03. The zero-order chi connectivity index (χ0) is 21.6. The lowest BCUT2D eigenvalue weighted by atomic mass is 9.71. The number of ketones is 1. The topological polar surface area (TPSA) is 121 Å². The summed E-state index contributed by atoms with van der Waals surface area (Å²) in [5.74, 6) is -3.52. The van der Waals surface area contributed by atoms with Gasteiger partial charge in [-0.1, -0.05) is 49.8 Å². The molecule has 1 rings (SSSR count). The van der Waals surface area contributed by atoms with Crippen LogP contribution in [0.5, 0.6) is 0 Å². The van der Waals surface area contributed by atoms with E-state index in [1.807, 2.05) is 58.1 Å². The average molecular weight is 392 g/mol. The third kappa shape index (κ3) is 5.74. The SMILES string of the molecule is C/C=C/C=C(C)/C=C/C1=C(C)C(=O)C(OC(=O)C(O)C(O)C(=O)O)CC1(C)C. The van der Waals surface area contributed by atoms with Gasteiger partial charge in [-0.25, -0.2) is 9.59 Å². The van der Waals surface area contributed by atoms with Crippen molar-refractivity contribution in [3.8, 4) is 0 Å². The molecular weight excluding hydrogens is 364 g/mol. The highest BCUT2D eigenvalue weighted by atomic mass is 16.6. The van der Waals surface area contributed by atoms with Gasteiger partial charge in [-0.2, -0.15) is 0 Å². The number of rotatable bonds is 7. The third-order valence-corrected chi connectivity index (χ3v) is 4.61. The zero-order valence-corrected chi connectivity index (χ0v) is 16.8. The molecule has 28 heavy (non-hydrogen) atoms. The van der Waals surface area contributed by atoms with Crippen LogP contribution < -0.4 is 0 Å².